The van der Waals surface area contributed by atoms with Gasteiger partial charge in [0.2, 0.25) is 17.7 Å². The molecule has 1 aromatic carbocycles. The molecule has 262 valence electrons. The van der Waals surface area contributed by atoms with Crippen LogP contribution in [0.2, 0.25) is 0 Å². The number of nitrogens with zero attached hydrogens (tertiary/aromatic N) is 2. The summed E-state index contributed by atoms with van der Waals surface area (Å²) in [7, 11) is 1.51. The van der Waals surface area contributed by atoms with Crippen LogP contribution in [0.4, 0.5) is 0 Å². The van der Waals surface area contributed by atoms with Crippen molar-refractivity contribution in [3.63, 3.8) is 0 Å². The highest BCUT2D eigenvalue weighted by atomic mass is 16.6. The zero-order valence-corrected chi connectivity index (χ0v) is 28.1. The van der Waals surface area contributed by atoms with E-state index in [0.29, 0.717) is 37.8 Å². The Morgan fingerprint density at radius 1 is 1.15 bits per heavy atom. The van der Waals surface area contributed by atoms with E-state index in [1.54, 1.807) is 17.1 Å². The highest BCUT2D eigenvalue weighted by Gasteiger charge is 2.75. The summed E-state index contributed by atoms with van der Waals surface area (Å²) in [5, 5.41) is 12.7. The van der Waals surface area contributed by atoms with E-state index in [2.05, 4.69) is 18.5 Å². The van der Waals surface area contributed by atoms with Crippen LogP contribution in [0.15, 0.2) is 55.6 Å². The molecule has 1 spiro atoms. The fourth-order valence-electron chi connectivity index (χ4n) is 8.42. The van der Waals surface area contributed by atoms with Crippen LogP contribution in [0.5, 0.6) is 0 Å². The van der Waals surface area contributed by atoms with Gasteiger partial charge in [-0.25, -0.2) is 0 Å². The predicted molar refractivity (Wildman–Crippen MR) is 178 cm³/mol. The molecule has 11 nitrogen and oxygen atoms in total. The molecule has 1 aromatic rings. The van der Waals surface area contributed by atoms with Crippen molar-refractivity contribution in [2.75, 3.05) is 33.4 Å². The number of carbonyl (C=O) groups is 4. The minimum Gasteiger partial charge on any atom is -0.455 e. The highest BCUT2D eigenvalue weighted by Crippen LogP contribution is 2.59. The third-order valence-corrected chi connectivity index (χ3v) is 10.5. The molecule has 0 radical (unpaired) electrons. The average Bonchev–Trinajstić information content (AvgIpc) is 3.75. The maximum absolute atomic E-state index is 14.6. The Bertz CT molecular complexity index is 1320. The van der Waals surface area contributed by atoms with Crippen molar-refractivity contribution in [1.82, 2.24) is 15.1 Å². The van der Waals surface area contributed by atoms with Crippen LogP contribution in [-0.4, -0.2) is 102 Å². The lowest BCUT2D eigenvalue weighted by molar-refractivity contribution is -0.163. The van der Waals surface area contributed by atoms with Gasteiger partial charge in [0.15, 0.2) is 0 Å². The van der Waals surface area contributed by atoms with Gasteiger partial charge in [-0.05, 0) is 44.1 Å². The predicted octanol–water partition coefficient (Wildman–Crippen LogP) is 3.47. The van der Waals surface area contributed by atoms with Crippen molar-refractivity contribution in [2.24, 2.45) is 11.8 Å². The summed E-state index contributed by atoms with van der Waals surface area (Å²) in [5.41, 5.74) is -0.516. The van der Waals surface area contributed by atoms with Gasteiger partial charge in [-0.2, -0.15) is 0 Å². The standard InChI is InChI=1S/C37H51N3O8/c1-4-6-18-29(42)38-27(24-46-3)32(25-14-9-7-10-15-25)47-36(45)30-28-19-20-37(48-28)31(30)34(43)40(22-13-23-41)33(37)35(44)39(21-5-2)26-16-11-8-12-17-26/h4-5,7,9-10,14-15,26-28,30-33,41H,1-2,6,8,11-13,16-24H2,3H3,(H,38,42)/t27-,28-,30+,31+,32-,33-,37+/m0/s1. The van der Waals surface area contributed by atoms with Crippen molar-refractivity contribution >= 4 is 23.7 Å². The molecule has 5 rings (SSSR count). The van der Waals surface area contributed by atoms with Crippen LogP contribution in [0.3, 0.4) is 0 Å². The van der Waals surface area contributed by atoms with Crippen LogP contribution in [0.1, 0.15) is 75.9 Å². The summed E-state index contributed by atoms with van der Waals surface area (Å²) in [6, 6.07) is 7.56. The topological polar surface area (TPSA) is 135 Å². The molecule has 2 N–H and O–H groups in total. The molecule has 4 aliphatic rings. The summed E-state index contributed by atoms with van der Waals surface area (Å²) in [5.74, 6) is -3.20. The third kappa shape index (κ3) is 7.09. The lowest BCUT2D eigenvalue weighted by Gasteiger charge is -2.40. The van der Waals surface area contributed by atoms with Crippen molar-refractivity contribution in [1.29, 1.82) is 0 Å². The van der Waals surface area contributed by atoms with Gasteiger partial charge in [0, 0.05) is 39.3 Å². The van der Waals surface area contributed by atoms with E-state index in [-0.39, 0.29) is 49.9 Å². The minimum absolute atomic E-state index is 0.0416. The zero-order valence-electron chi connectivity index (χ0n) is 28.1. The minimum atomic E-state index is -1.18. The largest absolute Gasteiger partial charge is 0.455 e. The number of nitrogens with one attached hydrogen (secondary N) is 1. The van der Waals surface area contributed by atoms with E-state index in [1.165, 1.54) is 7.11 Å². The average molecular weight is 666 g/mol. The quantitative estimate of drug-likeness (QED) is 0.191. The first-order valence-corrected chi connectivity index (χ1v) is 17.5. The number of amides is 3. The van der Waals surface area contributed by atoms with Crippen molar-refractivity contribution in [3.8, 4) is 0 Å². The number of methoxy groups -OCH3 is 1. The molecule has 0 aromatic heterocycles. The highest BCUT2D eigenvalue weighted by molar-refractivity contribution is 5.98. The maximum atomic E-state index is 14.6. The summed E-state index contributed by atoms with van der Waals surface area (Å²) in [6.45, 7) is 8.06. The Hall–Kier alpha value is -3.54. The summed E-state index contributed by atoms with van der Waals surface area (Å²) in [6.07, 6.45) is 8.83. The van der Waals surface area contributed by atoms with Gasteiger partial charge in [-0.3, -0.25) is 19.2 Å². The number of carbonyl (C=O) groups excluding carboxylic acids is 4. The van der Waals surface area contributed by atoms with Gasteiger partial charge in [-0.15, -0.1) is 13.2 Å². The molecule has 7 atom stereocenters. The first kappa shape index (κ1) is 35.8. The van der Waals surface area contributed by atoms with Crippen LogP contribution >= 0.6 is 0 Å². The van der Waals surface area contributed by atoms with E-state index in [4.69, 9.17) is 14.2 Å². The first-order chi connectivity index (χ1) is 23.3. The number of ether oxygens (including phenoxy) is 3. The van der Waals surface area contributed by atoms with Crippen LogP contribution in [0.25, 0.3) is 0 Å². The number of benzene rings is 1. The van der Waals surface area contributed by atoms with Gasteiger partial charge in [-0.1, -0.05) is 61.7 Å². The second kappa shape index (κ2) is 16.2. The molecular weight excluding hydrogens is 614 g/mol. The number of rotatable bonds is 17. The van der Waals surface area contributed by atoms with Crippen molar-refractivity contribution < 1.29 is 38.5 Å². The lowest BCUT2D eigenvalue weighted by Crippen LogP contribution is -2.58. The first-order valence-electron chi connectivity index (χ1n) is 17.5. The fourth-order valence-corrected chi connectivity index (χ4v) is 8.42. The number of allylic oxidation sites excluding steroid dienone is 1. The monoisotopic (exact) mass is 665 g/mol. The van der Waals surface area contributed by atoms with E-state index in [0.717, 1.165) is 32.1 Å². The Balaban J connectivity index is 1.46. The second-order valence-electron chi connectivity index (χ2n) is 13.5. The molecule has 4 fully saturated rings. The molecule has 3 saturated heterocycles. The van der Waals surface area contributed by atoms with E-state index in [1.807, 2.05) is 35.2 Å². The van der Waals surface area contributed by atoms with Crippen LogP contribution in [-0.2, 0) is 33.4 Å². The van der Waals surface area contributed by atoms with E-state index in [9.17, 15) is 24.3 Å². The SMILES string of the molecule is C=CCCC(=O)N[C@@H](COC)[C@@H](OC(=O)[C@@H]1[C@@H]2CC[C@]3(O2)[C@H](C(=O)N(CC=C)C2CCCCC2)N(CCCO)C(=O)[C@@H]13)c1ccccc1. The molecule has 1 aliphatic carbocycles. The van der Waals surface area contributed by atoms with Gasteiger partial charge < -0.3 is 34.4 Å². The summed E-state index contributed by atoms with van der Waals surface area (Å²) in [4.78, 5) is 59.6. The Morgan fingerprint density at radius 3 is 2.56 bits per heavy atom. The molecule has 3 amide bonds. The normalized spacial score (nSPS) is 27.6. The fraction of sp³-hybridized carbons (Fsp3) is 0.622. The summed E-state index contributed by atoms with van der Waals surface area (Å²) < 4.78 is 18.4. The maximum Gasteiger partial charge on any atom is 0.313 e. The number of hydrogen-bond acceptors (Lipinski definition) is 8. The number of hydrogen-bond donors (Lipinski definition) is 2. The zero-order chi connectivity index (χ0) is 34.3. The molecule has 2 bridgehead atoms. The molecule has 0 unspecified atom stereocenters. The van der Waals surface area contributed by atoms with Crippen LogP contribution < -0.4 is 5.32 Å². The summed E-state index contributed by atoms with van der Waals surface area (Å²) >= 11 is 0. The number of likely N-dealkylation sites (tertiary alicyclic amines) is 1. The van der Waals surface area contributed by atoms with Crippen molar-refractivity contribution in [2.45, 2.75) is 100 Å². The number of aliphatic hydroxyl groups excluding tert-OH is 1. The molecular formula is C37H51N3O8. The van der Waals surface area contributed by atoms with Gasteiger partial charge in [0.1, 0.15) is 17.7 Å². The Labute approximate surface area is 283 Å². The third-order valence-electron chi connectivity index (χ3n) is 10.5. The molecule has 48 heavy (non-hydrogen) atoms. The van der Waals surface area contributed by atoms with Crippen LogP contribution in [0, 0.1) is 11.8 Å². The van der Waals surface area contributed by atoms with E-state index < -0.39 is 47.7 Å². The van der Waals surface area contributed by atoms with Gasteiger partial charge in [0.05, 0.1) is 30.6 Å². The molecule has 11 heteroatoms. The van der Waals surface area contributed by atoms with Crippen molar-refractivity contribution in [3.05, 3.63) is 61.2 Å². The number of aliphatic hydroxyl groups is 1. The molecule has 3 heterocycles. The van der Waals surface area contributed by atoms with Gasteiger partial charge >= 0.3 is 5.97 Å². The van der Waals surface area contributed by atoms with Gasteiger partial charge in [0.25, 0.3) is 0 Å². The molecule has 1 saturated carbocycles. The second-order valence-corrected chi connectivity index (χ2v) is 13.5. The Morgan fingerprint density at radius 2 is 1.90 bits per heavy atom. The lowest BCUT2D eigenvalue weighted by atomic mass is 9.70. The number of fused-ring (bicyclic) bond motifs is 1. The van der Waals surface area contributed by atoms with E-state index >= 15 is 0 Å². The Kier molecular flexibility index (Phi) is 12.1. The smallest absolute Gasteiger partial charge is 0.313 e. The molecule has 3 aliphatic heterocycles. The number of esters is 1.